The Labute approximate surface area is 67.2 Å². The molecule has 0 aliphatic heterocycles. The Bertz CT molecular complexity index is 157. The summed E-state index contributed by atoms with van der Waals surface area (Å²) in [6.45, 7) is 1.97. The first-order valence-corrected chi connectivity index (χ1v) is 3.75. The third kappa shape index (κ3) is 8.95. The molecule has 0 atom stereocenters. The van der Waals surface area contributed by atoms with Gasteiger partial charge in [0.1, 0.15) is 0 Å². The number of hydrogen-bond acceptors (Lipinski definition) is 1. The first-order chi connectivity index (χ1) is 5.27. The molecule has 0 bridgehead atoms. The first kappa shape index (κ1) is 9.95. The summed E-state index contributed by atoms with van der Waals surface area (Å²) >= 11 is 0. The monoisotopic (exact) mass is 154 g/mol. The summed E-state index contributed by atoms with van der Waals surface area (Å²) in [5.74, 6) is -0.771. The first-order valence-electron chi connectivity index (χ1n) is 3.75. The van der Waals surface area contributed by atoms with E-state index < -0.39 is 5.97 Å². The van der Waals surface area contributed by atoms with E-state index in [1.54, 1.807) is 6.08 Å². The lowest BCUT2D eigenvalue weighted by atomic mass is 10.2. The highest BCUT2D eigenvalue weighted by molar-refractivity contribution is 5.68. The predicted octanol–water partition coefficient (Wildman–Crippen LogP) is 2.37. The molecule has 0 aromatic carbocycles. The summed E-state index contributed by atoms with van der Waals surface area (Å²) in [6.07, 6.45) is 9.69. The van der Waals surface area contributed by atoms with Crippen LogP contribution in [0.25, 0.3) is 0 Å². The van der Waals surface area contributed by atoms with E-state index in [2.05, 4.69) is 6.08 Å². The molecule has 0 aliphatic carbocycles. The normalized spacial score (nSPS) is 11.4. The van der Waals surface area contributed by atoms with Gasteiger partial charge in [-0.25, -0.2) is 0 Å². The minimum absolute atomic E-state index is 0.135. The van der Waals surface area contributed by atoms with Gasteiger partial charge in [-0.1, -0.05) is 24.3 Å². The second kappa shape index (κ2) is 7.06. The van der Waals surface area contributed by atoms with Gasteiger partial charge in [0.25, 0.3) is 0 Å². The molecule has 1 N–H and O–H groups in total. The van der Waals surface area contributed by atoms with E-state index in [1.807, 2.05) is 19.1 Å². The number of rotatable bonds is 5. The number of allylic oxidation sites excluding steroid dienone is 3. The summed E-state index contributed by atoms with van der Waals surface area (Å²) in [7, 11) is 0. The Balaban J connectivity index is 3.23. The summed E-state index contributed by atoms with van der Waals surface area (Å²) in [6, 6.07) is 0. The van der Waals surface area contributed by atoms with Crippen molar-refractivity contribution in [3.8, 4) is 0 Å². The van der Waals surface area contributed by atoms with Crippen molar-refractivity contribution in [2.24, 2.45) is 0 Å². The maximum absolute atomic E-state index is 10.0. The number of aliphatic carboxylic acids is 1. The summed E-state index contributed by atoms with van der Waals surface area (Å²) < 4.78 is 0. The molecule has 0 aromatic heterocycles. The lowest BCUT2D eigenvalue weighted by molar-refractivity contribution is -0.136. The van der Waals surface area contributed by atoms with Gasteiger partial charge >= 0.3 is 5.97 Å². The third-order valence-electron chi connectivity index (χ3n) is 1.19. The van der Waals surface area contributed by atoms with Gasteiger partial charge in [-0.2, -0.15) is 0 Å². The van der Waals surface area contributed by atoms with Crippen LogP contribution in [0, 0.1) is 0 Å². The van der Waals surface area contributed by atoms with Crippen LogP contribution in [0.2, 0.25) is 0 Å². The zero-order valence-electron chi connectivity index (χ0n) is 6.79. The molecular weight excluding hydrogens is 140 g/mol. The molecule has 0 unspecified atom stereocenters. The summed E-state index contributed by atoms with van der Waals surface area (Å²) in [4.78, 5) is 10.0. The molecule has 0 rings (SSSR count). The molecule has 11 heavy (non-hydrogen) atoms. The SMILES string of the molecule is C/C=C/CC/C=C/CC(=O)O. The smallest absolute Gasteiger partial charge is 0.307 e. The predicted molar refractivity (Wildman–Crippen MR) is 45.4 cm³/mol. The molecule has 0 heterocycles. The van der Waals surface area contributed by atoms with Crippen molar-refractivity contribution in [1.29, 1.82) is 0 Å². The maximum Gasteiger partial charge on any atom is 0.307 e. The van der Waals surface area contributed by atoms with Crippen LogP contribution in [-0.4, -0.2) is 11.1 Å². The van der Waals surface area contributed by atoms with Crippen molar-refractivity contribution in [2.75, 3.05) is 0 Å². The Hall–Kier alpha value is -1.05. The highest BCUT2D eigenvalue weighted by atomic mass is 16.4. The minimum atomic E-state index is -0.771. The molecule has 0 amide bonds. The fourth-order valence-corrected chi connectivity index (χ4v) is 0.661. The van der Waals surface area contributed by atoms with Crippen LogP contribution in [-0.2, 0) is 4.79 Å². The second-order valence-electron chi connectivity index (χ2n) is 2.22. The minimum Gasteiger partial charge on any atom is -0.481 e. The number of unbranched alkanes of at least 4 members (excludes halogenated alkanes) is 1. The van der Waals surface area contributed by atoms with Gasteiger partial charge in [-0.05, 0) is 19.8 Å². The van der Waals surface area contributed by atoms with E-state index in [1.165, 1.54) is 0 Å². The largest absolute Gasteiger partial charge is 0.481 e. The van der Waals surface area contributed by atoms with Gasteiger partial charge in [-0.15, -0.1) is 0 Å². The molecular formula is C9H14O2. The van der Waals surface area contributed by atoms with Gasteiger partial charge in [0.2, 0.25) is 0 Å². The van der Waals surface area contributed by atoms with Gasteiger partial charge in [-0.3, -0.25) is 4.79 Å². The highest BCUT2D eigenvalue weighted by Crippen LogP contribution is 1.93. The van der Waals surface area contributed by atoms with Crippen LogP contribution in [0.15, 0.2) is 24.3 Å². The van der Waals surface area contributed by atoms with Crippen LogP contribution >= 0.6 is 0 Å². The molecule has 62 valence electrons. The fourth-order valence-electron chi connectivity index (χ4n) is 0.661. The van der Waals surface area contributed by atoms with Gasteiger partial charge in [0.15, 0.2) is 0 Å². The van der Waals surface area contributed by atoms with E-state index in [0.717, 1.165) is 12.8 Å². The molecule has 2 heteroatoms. The van der Waals surface area contributed by atoms with Crippen LogP contribution in [0.5, 0.6) is 0 Å². The Morgan fingerprint density at radius 3 is 2.45 bits per heavy atom. The summed E-state index contributed by atoms with van der Waals surface area (Å²) in [5, 5.41) is 8.25. The summed E-state index contributed by atoms with van der Waals surface area (Å²) in [5.41, 5.74) is 0. The molecule has 0 spiro atoms. The highest BCUT2D eigenvalue weighted by Gasteiger charge is 1.87. The van der Waals surface area contributed by atoms with Crippen molar-refractivity contribution < 1.29 is 9.90 Å². The Morgan fingerprint density at radius 1 is 1.27 bits per heavy atom. The number of carboxylic acid groups (broad SMARTS) is 1. The van der Waals surface area contributed by atoms with Gasteiger partial charge in [0.05, 0.1) is 6.42 Å². The third-order valence-corrected chi connectivity index (χ3v) is 1.19. The standard InChI is InChI=1S/C9H14O2/c1-2-3-4-5-6-7-8-9(10)11/h2-3,6-7H,4-5,8H2,1H3,(H,10,11)/b3-2+,7-6+. The van der Waals surface area contributed by atoms with Crippen LogP contribution < -0.4 is 0 Å². The van der Waals surface area contributed by atoms with Crippen molar-refractivity contribution in [2.45, 2.75) is 26.2 Å². The number of carbonyl (C=O) groups is 1. The molecule has 0 aliphatic rings. The number of carboxylic acids is 1. The molecule has 0 saturated carbocycles. The topological polar surface area (TPSA) is 37.3 Å². The molecule has 0 aromatic rings. The lowest BCUT2D eigenvalue weighted by Crippen LogP contribution is -1.89. The van der Waals surface area contributed by atoms with E-state index in [4.69, 9.17) is 5.11 Å². The second-order valence-corrected chi connectivity index (χ2v) is 2.22. The van der Waals surface area contributed by atoms with E-state index in [9.17, 15) is 4.79 Å². The van der Waals surface area contributed by atoms with Crippen LogP contribution in [0.1, 0.15) is 26.2 Å². The molecule has 0 fully saturated rings. The van der Waals surface area contributed by atoms with Gasteiger partial charge in [0, 0.05) is 0 Å². The van der Waals surface area contributed by atoms with E-state index >= 15 is 0 Å². The Morgan fingerprint density at radius 2 is 1.91 bits per heavy atom. The van der Waals surface area contributed by atoms with Crippen molar-refractivity contribution in [3.63, 3.8) is 0 Å². The molecule has 0 saturated heterocycles. The van der Waals surface area contributed by atoms with E-state index in [0.29, 0.717) is 0 Å². The lowest BCUT2D eigenvalue weighted by Gasteiger charge is -1.85. The average Bonchev–Trinajstić information content (AvgIpc) is 1.96. The number of hydrogen-bond donors (Lipinski definition) is 1. The van der Waals surface area contributed by atoms with Crippen molar-refractivity contribution >= 4 is 5.97 Å². The van der Waals surface area contributed by atoms with Crippen LogP contribution in [0.3, 0.4) is 0 Å². The van der Waals surface area contributed by atoms with Crippen molar-refractivity contribution in [3.05, 3.63) is 24.3 Å². The zero-order valence-corrected chi connectivity index (χ0v) is 6.79. The average molecular weight is 154 g/mol. The zero-order chi connectivity index (χ0) is 8.53. The fraction of sp³-hybridized carbons (Fsp3) is 0.444. The van der Waals surface area contributed by atoms with E-state index in [-0.39, 0.29) is 6.42 Å². The molecule has 2 nitrogen and oxygen atoms in total. The quantitative estimate of drug-likeness (QED) is 0.487. The van der Waals surface area contributed by atoms with Crippen molar-refractivity contribution in [1.82, 2.24) is 0 Å². The van der Waals surface area contributed by atoms with Crippen LogP contribution in [0.4, 0.5) is 0 Å². The maximum atomic E-state index is 10.0. The molecule has 0 radical (unpaired) electrons. The Kier molecular flexibility index (Phi) is 6.39. The van der Waals surface area contributed by atoms with Gasteiger partial charge < -0.3 is 5.11 Å².